The van der Waals surface area contributed by atoms with Crippen LogP contribution in [-0.2, 0) is 17.1 Å². The molecule has 1 N–H and O–H groups in total. The molecule has 0 fully saturated rings. The van der Waals surface area contributed by atoms with Gasteiger partial charge in [0.2, 0.25) is 5.91 Å². The molecular formula is C21H20N4OS2. The molecule has 7 heteroatoms. The first kappa shape index (κ1) is 18.7. The van der Waals surface area contributed by atoms with Crippen molar-refractivity contribution in [3.63, 3.8) is 0 Å². The van der Waals surface area contributed by atoms with Crippen molar-refractivity contribution in [2.24, 2.45) is 0 Å². The molecule has 2 aromatic heterocycles. The predicted octanol–water partition coefficient (Wildman–Crippen LogP) is 4.97. The number of thiazole rings is 1. The van der Waals surface area contributed by atoms with E-state index >= 15 is 0 Å². The highest BCUT2D eigenvalue weighted by molar-refractivity contribution is 7.97. The molecule has 2 heterocycles. The van der Waals surface area contributed by atoms with Crippen molar-refractivity contribution >= 4 is 45.2 Å². The van der Waals surface area contributed by atoms with E-state index in [2.05, 4.69) is 27.4 Å². The number of nitrogens with one attached hydrogen (secondary N) is 1. The van der Waals surface area contributed by atoms with Crippen LogP contribution < -0.4 is 5.32 Å². The van der Waals surface area contributed by atoms with E-state index < -0.39 is 0 Å². The molecule has 2 aromatic carbocycles. The average molecular weight is 409 g/mol. The second-order valence-corrected chi connectivity index (χ2v) is 8.25. The van der Waals surface area contributed by atoms with Crippen LogP contribution in [0.3, 0.4) is 0 Å². The number of hydrogen-bond donors (Lipinski definition) is 1. The van der Waals surface area contributed by atoms with E-state index in [-0.39, 0.29) is 12.5 Å². The van der Waals surface area contributed by atoms with Crippen LogP contribution in [0.25, 0.3) is 21.5 Å². The van der Waals surface area contributed by atoms with E-state index in [9.17, 15) is 4.79 Å². The minimum absolute atomic E-state index is 0.0983. The zero-order valence-electron chi connectivity index (χ0n) is 15.7. The number of fused-ring (bicyclic) bond motifs is 1. The molecule has 0 radical (unpaired) electrons. The third-order valence-electron chi connectivity index (χ3n) is 4.39. The Labute approximate surface area is 171 Å². The molecule has 0 saturated carbocycles. The molecule has 142 valence electrons. The molecule has 0 atom stereocenters. The summed E-state index contributed by atoms with van der Waals surface area (Å²) in [6, 6.07) is 18.0. The van der Waals surface area contributed by atoms with Gasteiger partial charge in [-0.1, -0.05) is 53.8 Å². The van der Waals surface area contributed by atoms with Crippen LogP contribution in [0.1, 0.15) is 11.5 Å². The van der Waals surface area contributed by atoms with Gasteiger partial charge in [0, 0.05) is 0 Å². The van der Waals surface area contributed by atoms with E-state index in [1.54, 1.807) is 11.8 Å². The molecule has 1 amide bonds. The zero-order valence-corrected chi connectivity index (χ0v) is 17.3. The lowest BCUT2D eigenvalue weighted by molar-refractivity contribution is -0.116. The van der Waals surface area contributed by atoms with Crippen LogP contribution in [0.4, 0.5) is 5.13 Å². The third kappa shape index (κ3) is 3.81. The number of rotatable bonds is 6. The van der Waals surface area contributed by atoms with Crippen LogP contribution in [0, 0.1) is 6.92 Å². The first-order valence-corrected chi connectivity index (χ1v) is 11.1. The first-order valence-electron chi connectivity index (χ1n) is 8.91. The highest BCUT2D eigenvalue weighted by Gasteiger charge is 2.16. The first-order chi connectivity index (χ1) is 13.7. The number of benzene rings is 2. The predicted molar refractivity (Wildman–Crippen MR) is 118 cm³/mol. The summed E-state index contributed by atoms with van der Waals surface area (Å²) in [6.07, 6.45) is 2.03. The number of imidazole rings is 1. The molecule has 0 aliphatic rings. The zero-order chi connectivity index (χ0) is 19.5. The van der Waals surface area contributed by atoms with Crippen molar-refractivity contribution in [1.82, 2.24) is 14.5 Å². The number of aromatic nitrogens is 3. The fraction of sp³-hybridized carbons (Fsp3) is 0.190. The number of hydrogen-bond acceptors (Lipinski definition) is 5. The van der Waals surface area contributed by atoms with E-state index in [0.29, 0.717) is 5.13 Å². The number of aryl methyl sites for hydroxylation is 1. The molecule has 0 spiro atoms. The van der Waals surface area contributed by atoms with Crippen molar-refractivity contribution < 1.29 is 4.79 Å². The summed E-state index contributed by atoms with van der Waals surface area (Å²) in [6.45, 7) is 2.18. The lowest BCUT2D eigenvalue weighted by Gasteiger charge is -2.08. The number of anilines is 1. The number of para-hydroxylation sites is 2. The Hall–Kier alpha value is -2.64. The molecular weight excluding hydrogens is 388 g/mol. The SMILES string of the molecule is CSCc1nc2ccccc2n1CC(=O)Nc1nc(C)c(-c2ccccc2)s1. The number of nitrogens with zero attached hydrogens (tertiary/aromatic N) is 3. The minimum Gasteiger partial charge on any atom is -0.318 e. The smallest absolute Gasteiger partial charge is 0.246 e. The van der Waals surface area contributed by atoms with Gasteiger partial charge in [-0.05, 0) is 30.9 Å². The number of carbonyl (C=O) groups excluding carboxylic acids is 1. The van der Waals surface area contributed by atoms with Crippen LogP contribution in [0.2, 0.25) is 0 Å². The van der Waals surface area contributed by atoms with Crippen molar-refractivity contribution in [1.29, 1.82) is 0 Å². The van der Waals surface area contributed by atoms with Gasteiger partial charge in [0.1, 0.15) is 12.4 Å². The third-order valence-corrected chi connectivity index (χ3v) is 6.06. The number of thioether (sulfide) groups is 1. The Morgan fingerprint density at radius 3 is 2.64 bits per heavy atom. The monoisotopic (exact) mass is 408 g/mol. The lowest BCUT2D eigenvalue weighted by atomic mass is 10.2. The van der Waals surface area contributed by atoms with Gasteiger partial charge in [-0.2, -0.15) is 11.8 Å². The highest BCUT2D eigenvalue weighted by Crippen LogP contribution is 2.32. The molecule has 0 aliphatic heterocycles. The highest BCUT2D eigenvalue weighted by atomic mass is 32.2. The van der Waals surface area contributed by atoms with Gasteiger partial charge in [0.25, 0.3) is 0 Å². The number of amides is 1. The summed E-state index contributed by atoms with van der Waals surface area (Å²) in [5, 5.41) is 3.58. The molecule has 4 aromatic rings. The summed E-state index contributed by atoms with van der Waals surface area (Å²) in [5.41, 5.74) is 3.92. The van der Waals surface area contributed by atoms with Gasteiger partial charge in [-0.15, -0.1) is 0 Å². The molecule has 28 heavy (non-hydrogen) atoms. The fourth-order valence-corrected chi connectivity index (χ4v) is 4.62. The summed E-state index contributed by atoms with van der Waals surface area (Å²) in [4.78, 5) is 23.0. The van der Waals surface area contributed by atoms with E-state index in [0.717, 1.165) is 38.7 Å². The molecule has 5 nitrogen and oxygen atoms in total. The normalized spacial score (nSPS) is 11.1. The summed E-state index contributed by atoms with van der Waals surface area (Å²) in [5.74, 6) is 1.57. The largest absolute Gasteiger partial charge is 0.318 e. The van der Waals surface area contributed by atoms with Crippen molar-refractivity contribution in [3.8, 4) is 10.4 Å². The van der Waals surface area contributed by atoms with Gasteiger partial charge in [0.15, 0.2) is 5.13 Å². The van der Waals surface area contributed by atoms with Gasteiger partial charge >= 0.3 is 0 Å². The summed E-state index contributed by atoms with van der Waals surface area (Å²) >= 11 is 3.19. The van der Waals surface area contributed by atoms with Gasteiger partial charge in [0.05, 0.1) is 27.4 Å². The average Bonchev–Trinajstić information content (AvgIpc) is 3.23. The maximum Gasteiger partial charge on any atom is 0.246 e. The minimum atomic E-state index is -0.0983. The Morgan fingerprint density at radius 2 is 1.86 bits per heavy atom. The van der Waals surface area contributed by atoms with Gasteiger partial charge in [-0.25, -0.2) is 9.97 Å². The van der Waals surface area contributed by atoms with Crippen molar-refractivity contribution in [3.05, 3.63) is 66.1 Å². The lowest BCUT2D eigenvalue weighted by Crippen LogP contribution is -2.20. The molecule has 0 saturated heterocycles. The van der Waals surface area contributed by atoms with Crippen LogP contribution >= 0.6 is 23.1 Å². The molecule has 0 unspecified atom stereocenters. The van der Waals surface area contributed by atoms with Crippen molar-refractivity contribution in [2.45, 2.75) is 19.2 Å². The Morgan fingerprint density at radius 1 is 1.11 bits per heavy atom. The topological polar surface area (TPSA) is 59.8 Å². The second kappa shape index (κ2) is 8.16. The standard InChI is InChI=1S/C21H20N4OS2/c1-14-20(15-8-4-3-5-9-15)28-21(22-14)24-19(26)12-25-17-11-7-6-10-16(17)23-18(25)13-27-2/h3-11H,12-13H2,1-2H3,(H,22,24,26). The summed E-state index contributed by atoms with van der Waals surface area (Å²) in [7, 11) is 0. The van der Waals surface area contributed by atoms with E-state index in [4.69, 9.17) is 0 Å². The van der Waals surface area contributed by atoms with Crippen LogP contribution in [0.5, 0.6) is 0 Å². The van der Waals surface area contributed by atoms with Crippen LogP contribution in [-0.4, -0.2) is 26.7 Å². The summed E-state index contributed by atoms with van der Waals surface area (Å²) < 4.78 is 1.99. The van der Waals surface area contributed by atoms with Gasteiger partial charge < -0.3 is 9.88 Å². The van der Waals surface area contributed by atoms with Crippen LogP contribution in [0.15, 0.2) is 54.6 Å². The van der Waals surface area contributed by atoms with E-state index in [1.807, 2.05) is 60.2 Å². The van der Waals surface area contributed by atoms with Crippen molar-refractivity contribution in [2.75, 3.05) is 11.6 Å². The van der Waals surface area contributed by atoms with E-state index in [1.165, 1.54) is 11.3 Å². The molecule has 4 rings (SSSR count). The van der Waals surface area contributed by atoms with Gasteiger partial charge in [-0.3, -0.25) is 4.79 Å². The Balaban J connectivity index is 1.56. The number of carbonyl (C=O) groups is 1. The second-order valence-electron chi connectivity index (χ2n) is 6.38. The maximum absolute atomic E-state index is 12.7. The maximum atomic E-state index is 12.7. The fourth-order valence-electron chi connectivity index (χ4n) is 3.15. The Kier molecular flexibility index (Phi) is 5.45. The molecule has 0 aliphatic carbocycles. The quantitative estimate of drug-likeness (QED) is 0.489. The Bertz CT molecular complexity index is 1120. The molecule has 0 bridgehead atoms.